The lowest BCUT2D eigenvalue weighted by Gasteiger charge is -2.27. The zero-order chi connectivity index (χ0) is 33.5. The summed E-state index contributed by atoms with van der Waals surface area (Å²) in [6.45, 7) is 8.72. The first-order valence-electron chi connectivity index (χ1n) is 17.1. The number of aliphatic hydroxyl groups excluding tert-OH is 1. The predicted octanol–water partition coefficient (Wildman–Crippen LogP) is 12.2. The molecule has 0 aliphatic rings. The molecule has 3 nitrogen and oxygen atoms in total. The van der Waals surface area contributed by atoms with Gasteiger partial charge < -0.3 is 14.9 Å². The van der Waals surface area contributed by atoms with E-state index in [-0.39, 0.29) is 12.5 Å². The van der Waals surface area contributed by atoms with Crippen LogP contribution in [-0.4, -0.2) is 11.7 Å². The fraction of sp³-hybridized carbons (Fsp3) is 0.200. The Hall–Kier alpha value is -5.12. The third-order valence-electron chi connectivity index (χ3n) is 9.18. The number of nitrogens with zero attached hydrogens (tertiary/aromatic N) is 2. The molecule has 0 aromatic heterocycles. The Labute approximate surface area is 286 Å². The van der Waals surface area contributed by atoms with E-state index in [4.69, 9.17) is 0 Å². The lowest BCUT2D eigenvalue weighted by molar-refractivity contribution is 0.282. The molecule has 3 heteroatoms. The Morgan fingerprint density at radius 3 is 0.875 bits per heavy atom. The summed E-state index contributed by atoms with van der Waals surface area (Å²) in [5, 5.41) is 9.61. The minimum Gasteiger partial charge on any atom is -0.396 e. The van der Waals surface area contributed by atoms with E-state index >= 15 is 0 Å². The highest BCUT2D eigenvalue weighted by atomic mass is 16.2. The highest BCUT2D eigenvalue weighted by Crippen LogP contribution is 2.39. The summed E-state index contributed by atoms with van der Waals surface area (Å²) in [6.07, 6.45) is 2.73. The van der Waals surface area contributed by atoms with Crippen LogP contribution in [0.2, 0.25) is 0 Å². The number of aliphatic hydroxyl groups is 1. The average molecular weight is 631 g/mol. The van der Waals surface area contributed by atoms with Crippen molar-refractivity contribution in [2.45, 2.75) is 52.9 Å². The van der Waals surface area contributed by atoms with Crippen molar-refractivity contribution in [2.24, 2.45) is 0 Å². The zero-order valence-electron chi connectivity index (χ0n) is 28.6. The standard InChI is InChI=1S/C45H46N2O/c1-33-8-20-39(21-9-33)46(40-22-10-34(2)11-23-40)43-28-16-37(17-29-43)45(7-5-6-32-48)38-18-30-44(31-19-38)47(41-24-12-35(3)13-25-41)42-26-14-36(4)15-27-42/h8-31,45,48H,5-7,32H2,1-4H3. The normalized spacial score (nSPS) is 11.1. The lowest BCUT2D eigenvalue weighted by Crippen LogP contribution is -2.11. The molecule has 0 saturated heterocycles. The molecule has 0 bridgehead atoms. The molecule has 0 amide bonds. The first-order chi connectivity index (χ1) is 23.4. The number of hydrogen-bond donors (Lipinski definition) is 1. The average Bonchev–Trinajstić information content (AvgIpc) is 3.11. The molecule has 0 aliphatic carbocycles. The second-order valence-electron chi connectivity index (χ2n) is 13.0. The number of benzene rings is 6. The number of rotatable bonds is 12. The van der Waals surface area contributed by atoms with Crippen molar-refractivity contribution in [3.63, 3.8) is 0 Å². The van der Waals surface area contributed by atoms with E-state index in [1.807, 2.05) is 0 Å². The van der Waals surface area contributed by atoms with Crippen molar-refractivity contribution < 1.29 is 5.11 Å². The second-order valence-corrected chi connectivity index (χ2v) is 13.0. The fourth-order valence-electron chi connectivity index (χ4n) is 6.37. The first kappa shape index (κ1) is 32.8. The van der Waals surface area contributed by atoms with E-state index in [2.05, 4.69) is 183 Å². The van der Waals surface area contributed by atoms with Crippen molar-refractivity contribution in [3.8, 4) is 0 Å². The molecule has 6 aromatic carbocycles. The second kappa shape index (κ2) is 15.2. The van der Waals surface area contributed by atoms with Crippen LogP contribution in [0, 0.1) is 27.7 Å². The number of anilines is 6. The maximum atomic E-state index is 9.61. The molecule has 48 heavy (non-hydrogen) atoms. The Kier molecular flexibility index (Phi) is 10.4. The highest BCUT2D eigenvalue weighted by Gasteiger charge is 2.19. The van der Waals surface area contributed by atoms with Crippen LogP contribution in [-0.2, 0) is 0 Å². The van der Waals surface area contributed by atoms with Gasteiger partial charge in [0.15, 0.2) is 0 Å². The summed E-state index contributed by atoms with van der Waals surface area (Å²) in [7, 11) is 0. The van der Waals surface area contributed by atoms with E-state index in [0.717, 1.165) is 53.4 Å². The molecule has 0 atom stereocenters. The minimum atomic E-state index is 0.217. The molecule has 0 unspecified atom stereocenters. The maximum absolute atomic E-state index is 9.61. The van der Waals surface area contributed by atoms with Crippen LogP contribution in [0.3, 0.4) is 0 Å². The quantitative estimate of drug-likeness (QED) is 0.136. The van der Waals surface area contributed by atoms with Gasteiger partial charge in [0.2, 0.25) is 0 Å². The van der Waals surface area contributed by atoms with E-state index in [1.165, 1.54) is 33.4 Å². The van der Waals surface area contributed by atoms with Crippen LogP contribution in [0.1, 0.15) is 58.6 Å². The molecule has 6 aromatic rings. The molecule has 1 N–H and O–H groups in total. The topological polar surface area (TPSA) is 26.7 Å². The number of hydrogen-bond acceptors (Lipinski definition) is 3. The minimum absolute atomic E-state index is 0.217. The molecule has 6 rings (SSSR count). The van der Waals surface area contributed by atoms with Gasteiger partial charge in [0.25, 0.3) is 0 Å². The summed E-state index contributed by atoms with van der Waals surface area (Å²) in [5.74, 6) is 0.221. The van der Waals surface area contributed by atoms with Crippen molar-refractivity contribution >= 4 is 34.1 Å². The summed E-state index contributed by atoms with van der Waals surface area (Å²) in [6, 6.07) is 53.1. The van der Waals surface area contributed by atoms with Gasteiger partial charge in [-0.1, -0.05) is 101 Å². The van der Waals surface area contributed by atoms with Crippen LogP contribution in [0.4, 0.5) is 34.1 Å². The van der Waals surface area contributed by atoms with Gasteiger partial charge in [0.1, 0.15) is 0 Å². The maximum Gasteiger partial charge on any atom is 0.0461 e. The van der Waals surface area contributed by atoms with E-state index < -0.39 is 0 Å². The molecular weight excluding hydrogens is 585 g/mol. The van der Waals surface area contributed by atoms with Crippen LogP contribution in [0.5, 0.6) is 0 Å². The Bertz CT molecular complexity index is 1650. The Morgan fingerprint density at radius 1 is 0.375 bits per heavy atom. The van der Waals surface area contributed by atoms with Gasteiger partial charge in [0.05, 0.1) is 0 Å². The van der Waals surface area contributed by atoms with E-state index in [1.54, 1.807) is 0 Å². The molecule has 0 spiro atoms. The van der Waals surface area contributed by atoms with Gasteiger partial charge in [-0.2, -0.15) is 0 Å². The van der Waals surface area contributed by atoms with Crippen molar-refractivity contribution in [1.82, 2.24) is 0 Å². The van der Waals surface area contributed by atoms with Crippen molar-refractivity contribution in [2.75, 3.05) is 16.4 Å². The highest BCUT2D eigenvalue weighted by molar-refractivity contribution is 5.78. The zero-order valence-corrected chi connectivity index (χ0v) is 28.6. The van der Waals surface area contributed by atoms with E-state index in [0.29, 0.717) is 0 Å². The fourth-order valence-corrected chi connectivity index (χ4v) is 6.37. The van der Waals surface area contributed by atoms with Crippen LogP contribution < -0.4 is 9.80 Å². The number of unbranched alkanes of at least 4 members (excludes halogenated alkanes) is 1. The Morgan fingerprint density at radius 2 is 0.625 bits per heavy atom. The molecule has 242 valence electrons. The van der Waals surface area contributed by atoms with Gasteiger partial charge in [0, 0.05) is 46.6 Å². The van der Waals surface area contributed by atoms with Crippen molar-refractivity contribution in [3.05, 3.63) is 179 Å². The molecular formula is C45H46N2O. The molecule has 0 fully saturated rings. The summed E-state index contributed by atoms with van der Waals surface area (Å²) in [5.41, 5.74) is 14.4. The molecule has 0 aliphatic heterocycles. The van der Waals surface area contributed by atoms with E-state index in [9.17, 15) is 5.11 Å². The third kappa shape index (κ3) is 7.70. The lowest BCUT2D eigenvalue weighted by atomic mass is 9.86. The monoisotopic (exact) mass is 630 g/mol. The number of aryl methyl sites for hydroxylation is 4. The summed E-state index contributed by atoms with van der Waals surface area (Å²) < 4.78 is 0. The largest absolute Gasteiger partial charge is 0.396 e. The summed E-state index contributed by atoms with van der Waals surface area (Å²) >= 11 is 0. The Balaban J connectivity index is 1.33. The molecule has 0 radical (unpaired) electrons. The van der Waals surface area contributed by atoms with Crippen LogP contribution in [0.25, 0.3) is 0 Å². The van der Waals surface area contributed by atoms with Gasteiger partial charge in [-0.05, 0) is 124 Å². The molecule has 0 heterocycles. The van der Waals surface area contributed by atoms with Gasteiger partial charge in [-0.15, -0.1) is 0 Å². The van der Waals surface area contributed by atoms with Gasteiger partial charge >= 0.3 is 0 Å². The predicted molar refractivity (Wildman–Crippen MR) is 204 cm³/mol. The molecule has 0 saturated carbocycles. The van der Waals surface area contributed by atoms with Crippen LogP contribution in [0.15, 0.2) is 146 Å². The summed E-state index contributed by atoms with van der Waals surface area (Å²) in [4.78, 5) is 4.64. The smallest absolute Gasteiger partial charge is 0.0461 e. The third-order valence-corrected chi connectivity index (χ3v) is 9.18. The first-order valence-corrected chi connectivity index (χ1v) is 17.1. The SMILES string of the molecule is Cc1ccc(N(c2ccc(C)cc2)c2ccc(C(CCCCO)c3ccc(N(c4ccc(C)cc4)c4ccc(C)cc4)cc3)cc2)cc1. The van der Waals surface area contributed by atoms with Crippen LogP contribution >= 0.6 is 0 Å². The van der Waals surface area contributed by atoms with Gasteiger partial charge in [-0.3, -0.25) is 0 Å². The van der Waals surface area contributed by atoms with Crippen molar-refractivity contribution in [1.29, 1.82) is 0 Å². The van der Waals surface area contributed by atoms with Gasteiger partial charge in [-0.25, -0.2) is 0 Å².